The van der Waals surface area contributed by atoms with Gasteiger partial charge in [0.2, 0.25) is 0 Å². The predicted octanol–water partition coefficient (Wildman–Crippen LogP) is 2.54. The van der Waals surface area contributed by atoms with E-state index in [2.05, 4.69) is 15.6 Å². The molecule has 1 aliphatic rings. The number of alkyl halides is 3. The molecule has 0 saturated carbocycles. The molecular formula is C15H23F3N4O2S2. The molecule has 1 aromatic rings. The van der Waals surface area contributed by atoms with Gasteiger partial charge in [0, 0.05) is 31.6 Å². The van der Waals surface area contributed by atoms with Crippen LogP contribution in [0.1, 0.15) is 30.6 Å². The summed E-state index contributed by atoms with van der Waals surface area (Å²) < 4.78 is 63.5. The second-order valence-corrected chi connectivity index (χ2v) is 9.24. The highest BCUT2D eigenvalue weighted by atomic mass is 32.2. The summed E-state index contributed by atoms with van der Waals surface area (Å²) in [4.78, 5) is 4.62. The first-order valence-corrected chi connectivity index (χ1v) is 10.6. The normalized spacial score (nSPS) is 17.3. The minimum Gasteiger partial charge on any atom is -0.356 e. The average molecular weight is 413 g/mol. The maximum atomic E-state index is 12.6. The molecule has 0 spiro atoms. The van der Waals surface area contributed by atoms with Gasteiger partial charge < -0.3 is 10.6 Å². The van der Waals surface area contributed by atoms with Gasteiger partial charge >= 0.3 is 6.18 Å². The molecule has 26 heavy (non-hydrogen) atoms. The molecular weight excluding hydrogens is 389 g/mol. The number of nitrogens with zero attached hydrogens (tertiary/aromatic N) is 2. The van der Waals surface area contributed by atoms with Gasteiger partial charge in [0.05, 0.1) is 13.0 Å². The molecule has 0 bridgehead atoms. The summed E-state index contributed by atoms with van der Waals surface area (Å²) >= 11 is 1.16. The number of thiophene rings is 1. The van der Waals surface area contributed by atoms with E-state index >= 15 is 0 Å². The van der Waals surface area contributed by atoms with Crippen LogP contribution in [0.4, 0.5) is 13.2 Å². The van der Waals surface area contributed by atoms with Crippen LogP contribution in [0.3, 0.4) is 0 Å². The molecule has 1 aromatic heterocycles. The van der Waals surface area contributed by atoms with Crippen LogP contribution < -0.4 is 10.6 Å². The zero-order chi connectivity index (χ0) is 19.2. The Morgan fingerprint density at radius 3 is 2.54 bits per heavy atom. The quantitative estimate of drug-likeness (QED) is 0.556. The third-order valence-corrected chi connectivity index (χ3v) is 7.35. The highest BCUT2D eigenvalue weighted by molar-refractivity contribution is 7.91. The van der Waals surface area contributed by atoms with Gasteiger partial charge in [-0.3, -0.25) is 4.99 Å². The van der Waals surface area contributed by atoms with E-state index in [-0.39, 0.29) is 23.3 Å². The SMILES string of the molecule is CN=C(NCCC(F)(F)F)NCc1ccc(S(=O)(=O)N2CCCCC2)s1. The van der Waals surface area contributed by atoms with Crippen LogP contribution in [0, 0.1) is 0 Å². The van der Waals surface area contributed by atoms with Crippen molar-refractivity contribution in [3.8, 4) is 0 Å². The molecule has 0 aromatic carbocycles. The molecule has 1 saturated heterocycles. The zero-order valence-electron chi connectivity index (χ0n) is 14.5. The van der Waals surface area contributed by atoms with E-state index in [9.17, 15) is 21.6 Å². The van der Waals surface area contributed by atoms with E-state index in [0.29, 0.717) is 13.1 Å². The summed E-state index contributed by atoms with van der Waals surface area (Å²) in [6, 6.07) is 3.28. The van der Waals surface area contributed by atoms with Crippen molar-refractivity contribution in [3.05, 3.63) is 17.0 Å². The van der Waals surface area contributed by atoms with Gasteiger partial charge in [0.1, 0.15) is 4.21 Å². The number of piperidine rings is 1. The summed E-state index contributed by atoms with van der Waals surface area (Å²) in [5, 5.41) is 5.47. The summed E-state index contributed by atoms with van der Waals surface area (Å²) in [5.41, 5.74) is 0. The molecule has 0 atom stereocenters. The lowest BCUT2D eigenvalue weighted by molar-refractivity contribution is -0.132. The Morgan fingerprint density at radius 1 is 1.23 bits per heavy atom. The fraction of sp³-hybridized carbons (Fsp3) is 0.667. The number of hydrogen-bond acceptors (Lipinski definition) is 4. The molecule has 0 amide bonds. The molecule has 0 unspecified atom stereocenters. The third kappa shape index (κ3) is 6.13. The second-order valence-electron chi connectivity index (χ2n) is 5.90. The molecule has 2 heterocycles. The maximum absolute atomic E-state index is 12.6. The van der Waals surface area contributed by atoms with Crippen molar-refractivity contribution in [2.45, 2.75) is 42.6 Å². The Bertz CT molecular complexity index is 711. The van der Waals surface area contributed by atoms with Gasteiger partial charge in [0.15, 0.2) is 5.96 Å². The molecule has 6 nitrogen and oxygen atoms in total. The largest absolute Gasteiger partial charge is 0.390 e. The fourth-order valence-electron chi connectivity index (χ4n) is 2.54. The minimum absolute atomic E-state index is 0.239. The van der Waals surface area contributed by atoms with Gasteiger partial charge in [-0.1, -0.05) is 6.42 Å². The lowest BCUT2D eigenvalue weighted by atomic mass is 10.2. The van der Waals surface area contributed by atoms with Crippen LogP contribution in [0.2, 0.25) is 0 Å². The summed E-state index contributed by atoms with van der Waals surface area (Å²) in [6.07, 6.45) is -2.38. The number of aliphatic imine (C=N–C) groups is 1. The molecule has 0 radical (unpaired) electrons. The minimum atomic E-state index is -4.22. The average Bonchev–Trinajstić information content (AvgIpc) is 3.07. The van der Waals surface area contributed by atoms with Gasteiger partial charge in [-0.15, -0.1) is 11.3 Å². The molecule has 2 N–H and O–H groups in total. The number of sulfonamides is 1. The molecule has 2 rings (SSSR count). The van der Waals surface area contributed by atoms with Gasteiger partial charge in [-0.05, 0) is 25.0 Å². The second kappa shape index (κ2) is 9.05. The van der Waals surface area contributed by atoms with E-state index in [1.165, 1.54) is 11.4 Å². The van der Waals surface area contributed by atoms with Crippen LogP contribution in [-0.2, 0) is 16.6 Å². The lowest BCUT2D eigenvalue weighted by Gasteiger charge is -2.25. The maximum Gasteiger partial charge on any atom is 0.390 e. The van der Waals surface area contributed by atoms with E-state index in [4.69, 9.17) is 0 Å². The number of nitrogens with one attached hydrogen (secondary N) is 2. The summed E-state index contributed by atoms with van der Waals surface area (Å²) in [5.74, 6) is 0.239. The highest BCUT2D eigenvalue weighted by Crippen LogP contribution is 2.27. The smallest absolute Gasteiger partial charge is 0.356 e. The molecule has 1 fully saturated rings. The van der Waals surface area contributed by atoms with E-state index in [0.717, 1.165) is 35.5 Å². The van der Waals surface area contributed by atoms with Crippen molar-refractivity contribution >= 4 is 27.3 Å². The Hall–Kier alpha value is -1.33. The molecule has 11 heteroatoms. The van der Waals surface area contributed by atoms with Gasteiger partial charge in [-0.25, -0.2) is 8.42 Å². The third-order valence-electron chi connectivity index (χ3n) is 3.90. The Kier molecular flexibility index (Phi) is 7.30. The van der Waals surface area contributed by atoms with E-state index in [1.54, 1.807) is 12.1 Å². The van der Waals surface area contributed by atoms with Crippen LogP contribution >= 0.6 is 11.3 Å². The topological polar surface area (TPSA) is 73.8 Å². The van der Waals surface area contributed by atoms with Crippen molar-refractivity contribution < 1.29 is 21.6 Å². The highest BCUT2D eigenvalue weighted by Gasteiger charge is 2.28. The predicted molar refractivity (Wildman–Crippen MR) is 95.8 cm³/mol. The number of guanidine groups is 1. The number of halogens is 3. The lowest BCUT2D eigenvalue weighted by Crippen LogP contribution is -2.38. The molecule has 148 valence electrons. The van der Waals surface area contributed by atoms with Crippen LogP contribution in [0.5, 0.6) is 0 Å². The van der Waals surface area contributed by atoms with Gasteiger partial charge in [0.25, 0.3) is 10.0 Å². The van der Waals surface area contributed by atoms with Crippen LogP contribution in [0.15, 0.2) is 21.3 Å². The van der Waals surface area contributed by atoms with Crippen LogP contribution in [0.25, 0.3) is 0 Å². The summed E-state index contributed by atoms with van der Waals surface area (Å²) in [7, 11) is -2.00. The standard InChI is InChI=1S/C15H23F3N4O2S2/c1-19-14(20-8-7-15(16,17)18)21-11-12-5-6-13(25-12)26(23,24)22-9-3-2-4-10-22/h5-6H,2-4,7-11H2,1H3,(H2,19,20,21). The Labute approximate surface area is 155 Å². The monoisotopic (exact) mass is 412 g/mol. The van der Waals surface area contributed by atoms with Gasteiger partial charge in [-0.2, -0.15) is 17.5 Å². The Morgan fingerprint density at radius 2 is 1.92 bits per heavy atom. The van der Waals surface area contributed by atoms with Crippen molar-refractivity contribution in [3.63, 3.8) is 0 Å². The molecule has 1 aliphatic heterocycles. The van der Waals surface area contributed by atoms with Crippen molar-refractivity contribution in [2.24, 2.45) is 4.99 Å². The first-order valence-electron chi connectivity index (χ1n) is 8.32. The first-order chi connectivity index (χ1) is 12.2. The van der Waals surface area contributed by atoms with Crippen molar-refractivity contribution in [1.82, 2.24) is 14.9 Å². The van der Waals surface area contributed by atoms with E-state index < -0.39 is 22.6 Å². The van der Waals surface area contributed by atoms with Crippen LogP contribution in [-0.4, -0.2) is 51.5 Å². The van der Waals surface area contributed by atoms with Crippen molar-refractivity contribution in [1.29, 1.82) is 0 Å². The number of rotatable bonds is 6. The number of hydrogen-bond donors (Lipinski definition) is 2. The van der Waals surface area contributed by atoms with Crippen molar-refractivity contribution in [2.75, 3.05) is 26.7 Å². The molecule has 0 aliphatic carbocycles. The summed E-state index contributed by atoms with van der Waals surface area (Å²) in [6.45, 7) is 1.10. The first kappa shape index (κ1) is 21.0. The zero-order valence-corrected chi connectivity index (χ0v) is 16.1. The van der Waals surface area contributed by atoms with E-state index in [1.807, 2.05) is 0 Å². The fourth-order valence-corrected chi connectivity index (χ4v) is 5.51. The Balaban J connectivity index is 1.89.